The van der Waals surface area contributed by atoms with Crippen molar-refractivity contribution in [2.75, 3.05) is 6.54 Å². The number of hydrogen-bond donors (Lipinski definition) is 1. The quantitative estimate of drug-likeness (QED) is 0.847. The summed E-state index contributed by atoms with van der Waals surface area (Å²) in [5.41, 5.74) is 0.929. The third-order valence-corrected chi connectivity index (χ3v) is 3.41. The van der Waals surface area contributed by atoms with Crippen molar-refractivity contribution in [3.8, 4) is 0 Å². The van der Waals surface area contributed by atoms with Crippen LogP contribution in [-0.4, -0.2) is 11.5 Å². The minimum absolute atomic E-state index is 0.184. The molecular weight excluding hydrogens is 203 g/mol. The van der Waals surface area contributed by atoms with E-state index in [9.17, 15) is 4.39 Å². The van der Waals surface area contributed by atoms with Gasteiger partial charge in [0, 0.05) is 12.2 Å². The molecule has 1 aliphatic carbocycles. The Balaban J connectivity index is 1.85. The monoisotopic (exact) mass is 222 g/mol. The summed E-state index contributed by atoms with van der Waals surface area (Å²) in [5, 5.41) is 3.46. The lowest BCUT2D eigenvalue weighted by atomic mass is 10.1. The standard InChI is InChI=1S/C13H19FN2/c1-10(12-6-13(14)9-15-8-12)16-7-11-4-2-3-5-11/h6,8-11,16H,2-5,7H2,1H3. The maximum Gasteiger partial charge on any atom is 0.141 e. The molecule has 3 heteroatoms. The van der Waals surface area contributed by atoms with Gasteiger partial charge in [-0.2, -0.15) is 0 Å². The SMILES string of the molecule is CC(NCC1CCCC1)c1cncc(F)c1. The molecule has 1 aromatic rings. The van der Waals surface area contributed by atoms with Crippen molar-refractivity contribution in [3.05, 3.63) is 29.8 Å². The summed E-state index contributed by atoms with van der Waals surface area (Å²) in [6, 6.07) is 1.74. The fourth-order valence-electron chi connectivity index (χ4n) is 2.34. The predicted octanol–water partition coefficient (Wildman–Crippen LogP) is 3.06. The number of nitrogens with one attached hydrogen (secondary N) is 1. The minimum atomic E-state index is -0.257. The van der Waals surface area contributed by atoms with Crippen LogP contribution in [0, 0.1) is 11.7 Å². The van der Waals surface area contributed by atoms with E-state index in [2.05, 4.69) is 17.2 Å². The second-order valence-corrected chi connectivity index (χ2v) is 4.72. The zero-order valence-electron chi connectivity index (χ0n) is 9.75. The predicted molar refractivity (Wildman–Crippen MR) is 62.6 cm³/mol. The third-order valence-electron chi connectivity index (χ3n) is 3.41. The van der Waals surface area contributed by atoms with E-state index in [1.54, 1.807) is 12.3 Å². The van der Waals surface area contributed by atoms with Crippen LogP contribution in [0.4, 0.5) is 4.39 Å². The molecule has 0 amide bonds. The first-order valence-electron chi connectivity index (χ1n) is 6.09. The first kappa shape index (κ1) is 11.5. The lowest BCUT2D eigenvalue weighted by molar-refractivity contribution is 0.451. The Morgan fingerprint density at radius 2 is 2.19 bits per heavy atom. The molecule has 2 nitrogen and oxygen atoms in total. The minimum Gasteiger partial charge on any atom is -0.310 e. The fourth-order valence-corrected chi connectivity index (χ4v) is 2.34. The van der Waals surface area contributed by atoms with E-state index in [-0.39, 0.29) is 11.9 Å². The van der Waals surface area contributed by atoms with E-state index < -0.39 is 0 Å². The molecule has 1 atom stereocenters. The third kappa shape index (κ3) is 3.01. The number of rotatable bonds is 4. The van der Waals surface area contributed by atoms with Crippen LogP contribution in [0.2, 0.25) is 0 Å². The molecule has 0 saturated heterocycles. The van der Waals surface area contributed by atoms with Gasteiger partial charge >= 0.3 is 0 Å². The molecule has 0 aromatic carbocycles. The van der Waals surface area contributed by atoms with Crippen LogP contribution >= 0.6 is 0 Å². The van der Waals surface area contributed by atoms with Crippen LogP contribution in [0.15, 0.2) is 18.5 Å². The maximum absolute atomic E-state index is 13.0. The Bertz CT molecular complexity index is 334. The highest BCUT2D eigenvalue weighted by Crippen LogP contribution is 2.24. The van der Waals surface area contributed by atoms with Crippen LogP contribution in [-0.2, 0) is 0 Å². The molecule has 2 rings (SSSR count). The van der Waals surface area contributed by atoms with Gasteiger partial charge in [-0.15, -0.1) is 0 Å². The van der Waals surface area contributed by atoms with E-state index in [4.69, 9.17) is 0 Å². The van der Waals surface area contributed by atoms with Crippen LogP contribution < -0.4 is 5.32 Å². The van der Waals surface area contributed by atoms with Gasteiger partial charge in [0.2, 0.25) is 0 Å². The molecule has 16 heavy (non-hydrogen) atoms. The van der Waals surface area contributed by atoms with Gasteiger partial charge in [-0.3, -0.25) is 4.98 Å². The number of halogens is 1. The number of hydrogen-bond acceptors (Lipinski definition) is 2. The summed E-state index contributed by atoms with van der Waals surface area (Å²) >= 11 is 0. The van der Waals surface area contributed by atoms with Crippen molar-refractivity contribution in [3.63, 3.8) is 0 Å². The average molecular weight is 222 g/mol. The van der Waals surface area contributed by atoms with Crippen molar-refractivity contribution < 1.29 is 4.39 Å². The number of pyridine rings is 1. The van der Waals surface area contributed by atoms with E-state index in [0.29, 0.717) is 0 Å². The second kappa shape index (κ2) is 5.39. The summed E-state index contributed by atoms with van der Waals surface area (Å²) in [4.78, 5) is 3.87. The Morgan fingerprint density at radius 3 is 2.88 bits per heavy atom. The maximum atomic E-state index is 13.0. The molecule has 1 N–H and O–H groups in total. The molecule has 0 aliphatic heterocycles. The largest absolute Gasteiger partial charge is 0.310 e. The van der Waals surface area contributed by atoms with Gasteiger partial charge in [-0.25, -0.2) is 4.39 Å². The molecule has 1 unspecified atom stereocenters. The normalized spacial score (nSPS) is 18.9. The molecule has 0 radical (unpaired) electrons. The lowest BCUT2D eigenvalue weighted by Crippen LogP contribution is -2.24. The van der Waals surface area contributed by atoms with Crippen LogP contribution in [0.1, 0.15) is 44.2 Å². The Hall–Kier alpha value is -0.960. The smallest absolute Gasteiger partial charge is 0.141 e. The van der Waals surface area contributed by atoms with Gasteiger partial charge in [-0.1, -0.05) is 12.8 Å². The summed E-state index contributed by atoms with van der Waals surface area (Å²) in [5.74, 6) is 0.552. The Morgan fingerprint density at radius 1 is 1.44 bits per heavy atom. The number of aromatic nitrogens is 1. The highest BCUT2D eigenvalue weighted by Gasteiger charge is 2.16. The summed E-state index contributed by atoms with van der Waals surface area (Å²) in [6.07, 6.45) is 8.37. The van der Waals surface area contributed by atoms with Crippen molar-refractivity contribution in [2.45, 2.75) is 38.6 Å². The lowest BCUT2D eigenvalue weighted by Gasteiger charge is -2.17. The molecule has 1 aromatic heterocycles. The van der Waals surface area contributed by atoms with Crippen LogP contribution in [0.25, 0.3) is 0 Å². The molecule has 0 bridgehead atoms. The first-order chi connectivity index (χ1) is 7.75. The van der Waals surface area contributed by atoms with Gasteiger partial charge in [-0.05, 0) is 43.9 Å². The van der Waals surface area contributed by atoms with Gasteiger partial charge in [0.05, 0.1) is 6.20 Å². The fraction of sp³-hybridized carbons (Fsp3) is 0.615. The van der Waals surface area contributed by atoms with Crippen molar-refractivity contribution in [1.82, 2.24) is 10.3 Å². The van der Waals surface area contributed by atoms with Crippen LogP contribution in [0.5, 0.6) is 0 Å². The molecule has 1 saturated carbocycles. The first-order valence-corrected chi connectivity index (χ1v) is 6.09. The average Bonchev–Trinajstić information content (AvgIpc) is 2.78. The number of nitrogens with zero attached hydrogens (tertiary/aromatic N) is 1. The molecular formula is C13H19FN2. The highest BCUT2D eigenvalue weighted by molar-refractivity contribution is 5.14. The van der Waals surface area contributed by atoms with Crippen molar-refractivity contribution >= 4 is 0 Å². The van der Waals surface area contributed by atoms with Crippen molar-refractivity contribution in [1.29, 1.82) is 0 Å². The van der Waals surface area contributed by atoms with Gasteiger partial charge in [0.25, 0.3) is 0 Å². The van der Waals surface area contributed by atoms with Gasteiger partial charge in [0.15, 0.2) is 0 Å². The summed E-state index contributed by atoms with van der Waals surface area (Å²) in [6.45, 7) is 3.10. The highest BCUT2D eigenvalue weighted by atomic mass is 19.1. The van der Waals surface area contributed by atoms with Crippen molar-refractivity contribution in [2.24, 2.45) is 5.92 Å². The van der Waals surface area contributed by atoms with E-state index in [1.165, 1.54) is 31.9 Å². The second-order valence-electron chi connectivity index (χ2n) is 4.72. The zero-order chi connectivity index (χ0) is 11.4. The molecule has 1 fully saturated rings. The van der Waals surface area contributed by atoms with Gasteiger partial charge < -0.3 is 5.32 Å². The Labute approximate surface area is 96.3 Å². The van der Waals surface area contributed by atoms with E-state index in [1.807, 2.05) is 0 Å². The van der Waals surface area contributed by atoms with Gasteiger partial charge in [0.1, 0.15) is 5.82 Å². The molecule has 88 valence electrons. The Kier molecular flexibility index (Phi) is 3.88. The van der Waals surface area contributed by atoms with E-state index >= 15 is 0 Å². The van der Waals surface area contributed by atoms with Crippen LogP contribution in [0.3, 0.4) is 0 Å². The summed E-state index contributed by atoms with van der Waals surface area (Å²) < 4.78 is 13.0. The molecule has 0 spiro atoms. The topological polar surface area (TPSA) is 24.9 Å². The molecule has 1 heterocycles. The summed E-state index contributed by atoms with van der Waals surface area (Å²) in [7, 11) is 0. The van der Waals surface area contributed by atoms with E-state index in [0.717, 1.165) is 18.0 Å². The molecule has 1 aliphatic rings. The zero-order valence-corrected chi connectivity index (χ0v) is 9.75.